The van der Waals surface area contributed by atoms with Gasteiger partial charge in [0.05, 0.1) is 5.41 Å². The van der Waals surface area contributed by atoms with Gasteiger partial charge < -0.3 is 5.11 Å². The highest BCUT2D eigenvalue weighted by atomic mass is 16.6. The molecule has 0 fully saturated rings. The Morgan fingerprint density at radius 1 is 1.64 bits per heavy atom. The van der Waals surface area contributed by atoms with E-state index in [1.54, 1.807) is 0 Å². The minimum Gasteiger partial charge on any atom is -0.481 e. The number of hydrogen-bond donors (Lipinski definition) is 1. The van der Waals surface area contributed by atoms with E-state index in [0.717, 1.165) is 0 Å². The summed E-state index contributed by atoms with van der Waals surface area (Å²) in [5, 5.41) is 18.4. The summed E-state index contributed by atoms with van der Waals surface area (Å²) in [7, 11) is 0. The lowest BCUT2D eigenvalue weighted by Gasteiger charge is -2.15. The summed E-state index contributed by atoms with van der Waals surface area (Å²) in [6, 6.07) is 0. The molecule has 5 heteroatoms. The highest BCUT2D eigenvalue weighted by molar-refractivity contribution is 5.73. The van der Waals surface area contributed by atoms with Crippen LogP contribution in [-0.2, 0) is 4.79 Å². The third-order valence-electron chi connectivity index (χ3n) is 1.50. The molecule has 0 saturated carbocycles. The number of nitro groups is 1. The van der Waals surface area contributed by atoms with Crippen molar-refractivity contribution in [1.82, 2.24) is 0 Å². The summed E-state index contributed by atoms with van der Waals surface area (Å²) in [4.78, 5) is 19.8. The molecule has 0 aliphatic rings. The second kappa shape index (κ2) is 3.32. The summed E-state index contributed by atoms with van der Waals surface area (Å²) in [5.41, 5.74) is -0.993. The Morgan fingerprint density at radius 3 is 2.36 bits per heavy atom. The van der Waals surface area contributed by atoms with Crippen LogP contribution in [0.25, 0.3) is 0 Å². The largest absolute Gasteiger partial charge is 0.481 e. The molecule has 64 valence electrons. The van der Waals surface area contributed by atoms with Crippen LogP contribution in [0.4, 0.5) is 0 Å². The van der Waals surface area contributed by atoms with Gasteiger partial charge in [0.1, 0.15) is 0 Å². The third-order valence-corrected chi connectivity index (χ3v) is 1.50. The molecule has 0 bridgehead atoms. The van der Waals surface area contributed by atoms with Gasteiger partial charge in [-0.1, -0.05) is 0 Å². The molecule has 0 aromatic heterocycles. The number of carboxylic acids is 1. The Bertz CT molecular complexity index is 175. The van der Waals surface area contributed by atoms with Gasteiger partial charge in [0, 0.05) is 11.3 Å². The highest BCUT2D eigenvalue weighted by Crippen LogP contribution is 2.19. The average Bonchev–Trinajstić information content (AvgIpc) is 1.84. The first-order valence-corrected chi connectivity index (χ1v) is 3.21. The van der Waals surface area contributed by atoms with E-state index in [1.807, 2.05) is 0 Å². The SMILES string of the molecule is CC(C)(CC[N+](=O)[O-])C(=O)O. The minimum absolute atomic E-state index is 0.0648. The van der Waals surface area contributed by atoms with Crippen LogP contribution in [0, 0.1) is 15.5 Å². The standard InChI is InChI=1S/C6H11NO4/c1-6(2,5(8)9)3-4-7(10)11/h3-4H2,1-2H3,(H,8,9). The fourth-order valence-corrected chi connectivity index (χ4v) is 0.478. The fourth-order valence-electron chi connectivity index (χ4n) is 0.478. The van der Waals surface area contributed by atoms with Gasteiger partial charge in [0.2, 0.25) is 6.54 Å². The van der Waals surface area contributed by atoms with E-state index in [2.05, 4.69) is 0 Å². The van der Waals surface area contributed by atoms with Gasteiger partial charge in [-0.3, -0.25) is 14.9 Å². The van der Waals surface area contributed by atoms with Crippen LogP contribution >= 0.6 is 0 Å². The second-order valence-electron chi connectivity index (χ2n) is 3.00. The Morgan fingerprint density at radius 2 is 2.09 bits per heavy atom. The summed E-state index contributed by atoms with van der Waals surface area (Å²) in [6.07, 6.45) is 0.0648. The first-order valence-electron chi connectivity index (χ1n) is 3.21. The van der Waals surface area contributed by atoms with E-state index < -0.39 is 16.3 Å². The lowest BCUT2D eigenvalue weighted by atomic mass is 9.90. The van der Waals surface area contributed by atoms with E-state index in [9.17, 15) is 14.9 Å². The molecule has 0 rings (SSSR count). The highest BCUT2D eigenvalue weighted by Gasteiger charge is 2.28. The second-order valence-corrected chi connectivity index (χ2v) is 3.00. The molecule has 0 spiro atoms. The predicted octanol–water partition coefficient (Wildman–Crippen LogP) is 0.764. The van der Waals surface area contributed by atoms with Crippen molar-refractivity contribution in [2.75, 3.05) is 6.54 Å². The van der Waals surface area contributed by atoms with Gasteiger partial charge in [0.25, 0.3) is 0 Å². The monoisotopic (exact) mass is 161 g/mol. The van der Waals surface area contributed by atoms with Crippen molar-refractivity contribution in [2.45, 2.75) is 20.3 Å². The molecular formula is C6H11NO4. The quantitative estimate of drug-likeness (QED) is 0.487. The number of nitrogens with zero attached hydrogens (tertiary/aromatic N) is 1. The van der Waals surface area contributed by atoms with E-state index in [0.29, 0.717) is 0 Å². The lowest BCUT2D eigenvalue weighted by Crippen LogP contribution is -2.26. The zero-order chi connectivity index (χ0) is 9.07. The van der Waals surface area contributed by atoms with Crippen molar-refractivity contribution in [3.8, 4) is 0 Å². The lowest BCUT2D eigenvalue weighted by molar-refractivity contribution is -0.482. The van der Waals surface area contributed by atoms with Gasteiger partial charge in [-0.25, -0.2) is 0 Å². The molecule has 5 nitrogen and oxygen atoms in total. The average molecular weight is 161 g/mol. The molecule has 0 aliphatic heterocycles. The first-order chi connectivity index (χ1) is 4.86. The molecule has 0 unspecified atom stereocenters. The summed E-state index contributed by atoms with van der Waals surface area (Å²) < 4.78 is 0. The number of carbonyl (C=O) groups is 1. The smallest absolute Gasteiger partial charge is 0.309 e. The van der Waals surface area contributed by atoms with E-state index in [1.165, 1.54) is 13.8 Å². The molecule has 0 radical (unpaired) electrons. The normalized spacial score (nSPS) is 11.1. The molecule has 0 amide bonds. The maximum absolute atomic E-state index is 10.4. The Labute approximate surface area is 64.2 Å². The van der Waals surface area contributed by atoms with E-state index in [-0.39, 0.29) is 13.0 Å². The van der Waals surface area contributed by atoms with E-state index >= 15 is 0 Å². The zero-order valence-corrected chi connectivity index (χ0v) is 6.53. The van der Waals surface area contributed by atoms with Gasteiger partial charge in [0.15, 0.2) is 0 Å². The third kappa shape index (κ3) is 3.54. The Hall–Kier alpha value is -1.13. The molecule has 0 aromatic carbocycles. The molecule has 0 atom stereocenters. The van der Waals surface area contributed by atoms with Crippen LogP contribution in [-0.4, -0.2) is 22.5 Å². The van der Waals surface area contributed by atoms with E-state index in [4.69, 9.17) is 5.11 Å². The van der Waals surface area contributed by atoms with Crippen molar-refractivity contribution < 1.29 is 14.8 Å². The number of carboxylic acid groups (broad SMARTS) is 1. The minimum atomic E-state index is -1.00. The van der Waals surface area contributed by atoms with Crippen LogP contribution in [0.2, 0.25) is 0 Å². The molecule has 1 N–H and O–H groups in total. The Balaban J connectivity index is 3.92. The van der Waals surface area contributed by atoms with Crippen LogP contribution in [0.3, 0.4) is 0 Å². The van der Waals surface area contributed by atoms with Crippen LogP contribution in [0.1, 0.15) is 20.3 Å². The molecule has 0 aliphatic carbocycles. The van der Waals surface area contributed by atoms with Gasteiger partial charge in [-0.15, -0.1) is 0 Å². The van der Waals surface area contributed by atoms with Crippen molar-refractivity contribution in [3.63, 3.8) is 0 Å². The summed E-state index contributed by atoms with van der Waals surface area (Å²) in [6.45, 7) is 2.65. The van der Waals surface area contributed by atoms with Gasteiger partial charge in [-0.05, 0) is 13.8 Å². The first kappa shape index (κ1) is 9.87. The van der Waals surface area contributed by atoms with Crippen LogP contribution in [0.5, 0.6) is 0 Å². The maximum atomic E-state index is 10.4. The maximum Gasteiger partial charge on any atom is 0.309 e. The summed E-state index contributed by atoms with van der Waals surface area (Å²) in [5.74, 6) is -1.00. The van der Waals surface area contributed by atoms with Crippen LogP contribution in [0.15, 0.2) is 0 Å². The number of hydrogen-bond acceptors (Lipinski definition) is 3. The Kier molecular flexibility index (Phi) is 2.98. The van der Waals surface area contributed by atoms with Crippen molar-refractivity contribution in [2.24, 2.45) is 5.41 Å². The molecular weight excluding hydrogens is 150 g/mol. The van der Waals surface area contributed by atoms with Crippen LogP contribution < -0.4 is 0 Å². The topological polar surface area (TPSA) is 80.4 Å². The van der Waals surface area contributed by atoms with Crippen molar-refractivity contribution >= 4 is 5.97 Å². The molecule has 0 heterocycles. The van der Waals surface area contributed by atoms with Crippen molar-refractivity contribution in [3.05, 3.63) is 10.1 Å². The van der Waals surface area contributed by atoms with Gasteiger partial charge in [-0.2, -0.15) is 0 Å². The predicted molar refractivity (Wildman–Crippen MR) is 37.9 cm³/mol. The molecule has 11 heavy (non-hydrogen) atoms. The molecule has 0 aromatic rings. The van der Waals surface area contributed by atoms with Gasteiger partial charge >= 0.3 is 5.97 Å². The summed E-state index contributed by atoms with van der Waals surface area (Å²) >= 11 is 0. The fraction of sp³-hybridized carbons (Fsp3) is 0.833. The number of aliphatic carboxylic acids is 1. The van der Waals surface area contributed by atoms with Crippen molar-refractivity contribution in [1.29, 1.82) is 0 Å². The number of rotatable bonds is 4. The molecule has 0 saturated heterocycles. The zero-order valence-electron chi connectivity index (χ0n) is 6.53.